The van der Waals surface area contributed by atoms with Crippen molar-refractivity contribution in [1.82, 2.24) is 24.7 Å². The lowest BCUT2D eigenvalue weighted by molar-refractivity contribution is -0.123. The molecule has 1 saturated heterocycles. The van der Waals surface area contributed by atoms with E-state index in [-0.39, 0.29) is 11.7 Å². The number of carbonyl (C=O) groups is 1. The number of piperazine rings is 1. The second-order valence-corrected chi connectivity index (χ2v) is 7.99. The Labute approximate surface area is 182 Å². The molecule has 1 aliphatic heterocycles. The van der Waals surface area contributed by atoms with Crippen molar-refractivity contribution in [3.05, 3.63) is 89.8 Å². The summed E-state index contributed by atoms with van der Waals surface area (Å²) in [6, 6.07) is 16.2. The summed E-state index contributed by atoms with van der Waals surface area (Å²) in [4.78, 5) is 21.9. The number of halogens is 1. The van der Waals surface area contributed by atoms with Crippen molar-refractivity contribution in [3.8, 4) is 0 Å². The van der Waals surface area contributed by atoms with Crippen molar-refractivity contribution in [2.75, 3.05) is 32.7 Å². The predicted octanol–water partition coefficient (Wildman–Crippen LogP) is 2.58. The van der Waals surface area contributed by atoms with E-state index in [9.17, 15) is 9.18 Å². The molecule has 1 amide bonds. The van der Waals surface area contributed by atoms with E-state index >= 15 is 0 Å². The number of carbonyl (C=O) groups excluding carboxylic acids is 1. The summed E-state index contributed by atoms with van der Waals surface area (Å²) >= 11 is 0. The first kappa shape index (κ1) is 21.2. The average molecular weight is 422 g/mol. The maximum atomic E-state index is 13.4. The van der Waals surface area contributed by atoms with Crippen LogP contribution in [-0.4, -0.2) is 58.0 Å². The first-order valence-electron chi connectivity index (χ1n) is 10.6. The Kier molecular flexibility index (Phi) is 6.74. The van der Waals surface area contributed by atoms with Gasteiger partial charge in [0.25, 0.3) is 0 Å². The summed E-state index contributed by atoms with van der Waals surface area (Å²) in [6.07, 6.45) is 3.54. The molecule has 162 valence electrons. The van der Waals surface area contributed by atoms with Crippen molar-refractivity contribution in [2.45, 2.75) is 12.6 Å². The highest BCUT2D eigenvalue weighted by atomic mass is 19.1. The molecular formula is C24H28FN5O. The van der Waals surface area contributed by atoms with E-state index in [4.69, 9.17) is 0 Å². The molecule has 0 spiro atoms. The minimum absolute atomic E-state index is 0.0613. The van der Waals surface area contributed by atoms with Gasteiger partial charge in [0.05, 0.1) is 6.54 Å². The van der Waals surface area contributed by atoms with Gasteiger partial charge in [-0.1, -0.05) is 42.5 Å². The third-order valence-corrected chi connectivity index (χ3v) is 5.71. The molecule has 6 nitrogen and oxygen atoms in total. The van der Waals surface area contributed by atoms with Crippen molar-refractivity contribution in [1.29, 1.82) is 0 Å². The molecule has 3 aromatic rings. The Morgan fingerprint density at radius 3 is 2.35 bits per heavy atom. The predicted molar refractivity (Wildman–Crippen MR) is 118 cm³/mol. The molecule has 0 aliphatic carbocycles. The van der Waals surface area contributed by atoms with Crippen molar-refractivity contribution in [3.63, 3.8) is 0 Å². The normalized spacial score (nSPS) is 16.2. The molecule has 7 heteroatoms. The smallest absolute Gasteiger partial charge is 0.235 e. The van der Waals surface area contributed by atoms with Crippen LogP contribution in [0.4, 0.5) is 4.39 Å². The van der Waals surface area contributed by atoms with Gasteiger partial charge in [0.15, 0.2) is 0 Å². The van der Waals surface area contributed by atoms with Crippen LogP contribution in [0.15, 0.2) is 67.0 Å². The Morgan fingerprint density at radius 1 is 1.03 bits per heavy atom. The summed E-state index contributed by atoms with van der Waals surface area (Å²) in [5, 5.41) is 3.09. The first-order chi connectivity index (χ1) is 15.1. The Hall–Kier alpha value is -3.03. The van der Waals surface area contributed by atoms with Gasteiger partial charge in [0.1, 0.15) is 17.7 Å². The van der Waals surface area contributed by atoms with Gasteiger partial charge in [-0.2, -0.15) is 0 Å². The van der Waals surface area contributed by atoms with E-state index in [0.717, 1.165) is 38.3 Å². The number of nitrogens with zero attached hydrogens (tertiary/aromatic N) is 4. The van der Waals surface area contributed by atoms with Crippen LogP contribution in [0.1, 0.15) is 23.0 Å². The second-order valence-electron chi connectivity index (χ2n) is 7.99. The number of benzene rings is 2. The van der Waals surface area contributed by atoms with Crippen LogP contribution >= 0.6 is 0 Å². The third-order valence-electron chi connectivity index (χ3n) is 5.71. The Bertz CT molecular complexity index is 981. The number of rotatable bonds is 7. The van der Waals surface area contributed by atoms with Gasteiger partial charge < -0.3 is 9.88 Å². The van der Waals surface area contributed by atoms with Crippen molar-refractivity contribution >= 4 is 5.91 Å². The van der Waals surface area contributed by atoms with Crippen LogP contribution in [0, 0.1) is 5.82 Å². The highest BCUT2D eigenvalue weighted by Gasteiger charge is 2.24. The Morgan fingerprint density at radius 2 is 1.71 bits per heavy atom. The molecule has 1 N–H and O–H groups in total. The van der Waals surface area contributed by atoms with Crippen molar-refractivity contribution < 1.29 is 9.18 Å². The van der Waals surface area contributed by atoms with Gasteiger partial charge in [-0.05, 0) is 23.3 Å². The minimum Gasteiger partial charge on any atom is -0.341 e. The fourth-order valence-corrected chi connectivity index (χ4v) is 3.96. The number of aromatic nitrogens is 2. The summed E-state index contributed by atoms with van der Waals surface area (Å²) in [5.74, 6) is 0.350. The van der Waals surface area contributed by atoms with Gasteiger partial charge in [0, 0.05) is 52.2 Å². The molecule has 31 heavy (non-hydrogen) atoms. The third kappa shape index (κ3) is 5.57. The molecule has 0 bridgehead atoms. The van der Waals surface area contributed by atoms with Crippen LogP contribution < -0.4 is 5.32 Å². The molecule has 1 unspecified atom stereocenters. The zero-order chi connectivity index (χ0) is 21.6. The number of hydrogen-bond acceptors (Lipinski definition) is 4. The van der Waals surface area contributed by atoms with Crippen molar-refractivity contribution in [2.24, 2.45) is 7.05 Å². The summed E-state index contributed by atoms with van der Waals surface area (Å²) in [6.45, 7) is 4.84. The zero-order valence-electron chi connectivity index (χ0n) is 17.7. The molecule has 1 atom stereocenters. The van der Waals surface area contributed by atoms with Crippen LogP contribution in [0.2, 0.25) is 0 Å². The van der Waals surface area contributed by atoms with Crippen LogP contribution in [0.25, 0.3) is 0 Å². The molecule has 1 aromatic heterocycles. The lowest BCUT2D eigenvalue weighted by Crippen LogP contribution is -2.49. The topological polar surface area (TPSA) is 53.4 Å². The van der Waals surface area contributed by atoms with Gasteiger partial charge >= 0.3 is 0 Å². The molecule has 2 aromatic carbocycles. The summed E-state index contributed by atoms with van der Waals surface area (Å²) in [7, 11) is 1.89. The van der Waals surface area contributed by atoms with E-state index in [2.05, 4.69) is 44.4 Å². The highest BCUT2D eigenvalue weighted by Crippen LogP contribution is 2.21. The van der Waals surface area contributed by atoms with Gasteiger partial charge in [0.2, 0.25) is 5.91 Å². The second kappa shape index (κ2) is 9.85. The van der Waals surface area contributed by atoms with E-state index in [1.807, 2.05) is 23.9 Å². The lowest BCUT2D eigenvalue weighted by atomic mass is 10.1. The van der Waals surface area contributed by atoms with Crippen LogP contribution in [0.5, 0.6) is 0 Å². The number of nitrogens with one attached hydrogen (secondary N) is 1. The van der Waals surface area contributed by atoms with Crippen LogP contribution in [-0.2, 0) is 18.4 Å². The fourth-order valence-electron chi connectivity index (χ4n) is 3.96. The number of aryl methyl sites for hydroxylation is 1. The van der Waals surface area contributed by atoms with E-state index in [1.54, 1.807) is 18.3 Å². The molecular weight excluding hydrogens is 393 g/mol. The van der Waals surface area contributed by atoms with E-state index in [0.29, 0.717) is 12.4 Å². The SMILES string of the molecule is Cn1ccnc1C(NC(=O)CN1CCN(Cc2ccccc2)CC1)c1ccc(F)cc1. The van der Waals surface area contributed by atoms with Crippen LogP contribution in [0.3, 0.4) is 0 Å². The maximum absolute atomic E-state index is 13.4. The lowest BCUT2D eigenvalue weighted by Gasteiger charge is -2.34. The van der Waals surface area contributed by atoms with Gasteiger partial charge in [-0.3, -0.25) is 14.6 Å². The monoisotopic (exact) mass is 421 g/mol. The fraction of sp³-hybridized carbons (Fsp3) is 0.333. The Balaban J connectivity index is 1.34. The first-order valence-corrected chi connectivity index (χ1v) is 10.6. The average Bonchev–Trinajstić information content (AvgIpc) is 3.20. The maximum Gasteiger partial charge on any atom is 0.235 e. The van der Waals surface area contributed by atoms with Gasteiger partial charge in [-0.25, -0.2) is 9.37 Å². The van der Waals surface area contributed by atoms with E-state index in [1.165, 1.54) is 17.7 Å². The number of imidazole rings is 1. The molecule has 0 saturated carbocycles. The van der Waals surface area contributed by atoms with Gasteiger partial charge in [-0.15, -0.1) is 0 Å². The quantitative estimate of drug-likeness (QED) is 0.637. The molecule has 2 heterocycles. The summed E-state index contributed by atoms with van der Waals surface area (Å²) in [5.41, 5.74) is 2.11. The minimum atomic E-state index is -0.424. The van der Waals surface area contributed by atoms with E-state index < -0.39 is 6.04 Å². The number of amides is 1. The largest absolute Gasteiger partial charge is 0.341 e. The molecule has 0 radical (unpaired) electrons. The number of hydrogen-bond donors (Lipinski definition) is 1. The molecule has 1 aliphatic rings. The zero-order valence-corrected chi connectivity index (χ0v) is 17.7. The summed E-state index contributed by atoms with van der Waals surface area (Å²) < 4.78 is 15.3. The highest BCUT2D eigenvalue weighted by molar-refractivity contribution is 5.79. The molecule has 1 fully saturated rings. The molecule has 4 rings (SSSR count). The standard InChI is InChI=1S/C24H28FN5O/c1-28-12-11-26-24(28)23(20-7-9-21(25)10-8-20)27-22(31)18-30-15-13-29(14-16-30)17-19-5-3-2-4-6-19/h2-12,23H,13-18H2,1H3,(H,27,31).